The number of carbonyl (C=O) groups excluding carboxylic acids is 3. The normalized spacial score (nSPS) is 26.4. The van der Waals surface area contributed by atoms with Crippen LogP contribution in [0.2, 0.25) is 0 Å². The predicted octanol–water partition coefficient (Wildman–Crippen LogP) is 2.73. The summed E-state index contributed by atoms with van der Waals surface area (Å²) in [5.74, 6) is 1.44. The molecule has 0 unspecified atom stereocenters. The Kier molecular flexibility index (Phi) is 10.4. The van der Waals surface area contributed by atoms with Crippen LogP contribution in [0.5, 0.6) is 11.8 Å². The Bertz CT molecular complexity index is 981. The first-order valence-electron chi connectivity index (χ1n) is 13.8. The van der Waals surface area contributed by atoms with Crippen molar-refractivity contribution < 1.29 is 24.6 Å². The van der Waals surface area contributed by atoms with Gasteiger partial charge in [-0.25, -0.2) is 4.79 Å². The third-order valence-electron chi connectivity index (χ3n) is 7.99. The maximum absolute atomic E-state index is 12.5. The van der Waals surface area contributed by atoms with E-state index in [1.165, 1.54) is 10.6 Å². The predicted molar refractivity (Wildman–Crippen MR) is 150 cm³/mol. The molecule has 10 nitrogen and oxygen atoms in total. The van der Waals surface area contributed by atoms with Crippen LogP contribution in [-0.2, 0) is 16.1 Å². The van der Waals surface area contributed by atoms with Gasteiger partial charge in [0.2, 0.25) is 17.7 Å². The lowest BCUT2D eigenvalue weighted by Gasteiger charge is -2.28. The number of aromatic hydroxyl groups is 2. The Hall–Kier alpha value is -2.21. The van der Waals surface area contributed by atoms with Crippen molar-refractivity contribution >= 4 is 42.2 Å². The number of aromatic nitrogens is 1. The molecule has 0 radical (unpaired) electrons. The Balaban J connectivity index is 0.985. The van der Waals surface area contributed by atoms with Crippen LogP contribution < -0.4 is 21.3 Å². The largest absolute Gasteiger partial charge is 0.494 e. The van der Waals surface area contributed by atoms with Crippen molar-refractivity contribution in [2.45, 2.75) is 93.0 Å². The van der Waals surface area contributed by atoms with Crippen molar-refractivity contribution in [3.05, 3.63) is 6.07 Å². The van der Waals surface area contributed by atoms with Gasteiger partial charge < -0.3 is 31.5 Å². The second-order valence-corrected chi connectivity index (χ2v) is 12.5. The highest BCUT2D eigenvalue weighted by molar-refractivity contribution is 8.00. The maximum atomic E-state index is 12.5. The van der Waals surface area contributed by atoms with Crippen LogP contribution in [0.3, 0.4) is 0 Å². The number of carbonyl (C=O) groups is 3. The number of fused-ring (bicyclic) bond motifs is 1. The molecular formula is C26H41N5O5S2. The summed E-state index contributed by atoms with van der Waals surface area (Å²) in [6.07, 6.45) is 8.36. The van der Waals surface area contributed by atoms with Crippen molar-refractivity contribution in [1.29, 1.82) is 0 Å². The van der Waals surface area contributed by atoms with E-state index in [0.29, 0.717) is 42.1 Å². The first kappa shape index (κ1) is 28.8. The number of unbranched alkanes of at least 4 members (excludes halogenated alkanes) is 2. The highest BCUT2D eigenvalue weighted by Gasteiger charge is 2.42. The third-order valence-corrected chi connectivity index (χ3v) is 9.83. The zero-order valence-electron chi connectivity index (χ0n) is 21.8. The lowest BCUT2D eigenvalue weighted by molar-refractivity contribution is -0.126. The number of nitrogens with zero attached hydrogens (tertiary/aromatic N) is 1. The third kappa shape index (κ3) is 7.68. The monoisotopic (exact) mass is 567 g/mol. The van der Waals surface area contributed by atoms with Gasteiger partial charge in [0.1, 0.15) is 0 Å². The van der Waals surface area contributed by atoms with Crippen molar-refractivity contribution in [2.75, 3.05) is 18.8 Å². The molecule has 2 saturated heterocycles. The number of rotatable bonds is 13. The van der Waals surface area contributed by atoms with Gasteiger partial charge in [0.05, 0.1) is 17.0 Å². The highest BCUT2D eigenvalue weighted by Crippen LogP contribution is 2.36. The van der Waals surface area contributed by atoms with Gasteiger partial charge in [-0.3, -0.25) is 14.2 Å². The number of nitrogens with one attached hydrogen (secondary N) is 4. The maximum Gasteiger partial charge on any atom is 0.315 e. The van der Waals surface area contributed by atoms with Crippen LogP contribution in [0.25, 0.3) is 0 Å². The zero-order valence-corrected chi connectivity index (χ0v) is 23.5. The molecule has 3 fully saturated rings. The van der Waals surface area contributed by atoms with Gasteiger partial charge in [-0.2, -0.15) is 11.8 Å². The van der Waals surface area contributed by atoms with Crippen LogP contribution in [0.4, 0.5) is 4.79 Å². The molecule has 3 heterocycles. The molecule has 0 bridgehead atoms. The molecule has 1 aliphatic carbocycles. The number of hydrogen-bond donors (Lipinski definition) is 7. The van der Waals surface area contributed by atoms with E-state index in [9.17, 15) is 24.6 Å². The second kappa shape index (κ2) is 13.7. The fourth-order valence-corrected chi connectivity index (χ4v) is 7.53. The fourth-order valence-electron chi connectivity index (χ4n) is 5.75. The number of amides is 4. The number of thiol groups is 1. The van der Waals surface area contributed by atoms with Gasteiger partial charge in [-0.15, -0.1) is 12.6 Å². The molecule has 6 N–H and O–H groups in total. The van der Waals surface area contributed by atoms with Crippen molar-refractivity contribution in [3.8, 4) is 11.8 Å². The van der Waals surface area contributed by atoms with Crippen molar-refractivity contribution in [1.82, 2.24) is 25.8 Å². The van der Waals surface area contributed by atoms with E-state index in [2.05, 4.69) is 33.9 Å². The molecule has 12 heteroatoms. The minimum atomic E-state index is -0.0613. The highest BCUT2D eigenvalue weighted by atomic mass is 32.2. The summed E-state index contributed by atoms with van der Waals surface area (Å²) in [5.41, 5.74) is 0. The molecule has 1 aromatic heterocycles. The van der Waals surface area contributed by atoms with E-state index < -0.39 is 0 Å². The number of thioether (sulfide) groups is 1. The zero-order chi connectivity index (χ0) is 27.1. The lowest BCUT2D eigenvalue weighted by atomic mass is 9.81. The smallest absolute Gasteiger partial charge is 0.315 e. The van der Waals surface area contributed by atoms with E-state index in [1.807, 2.05) is 11.8 Å². The second-order valence-electron chi connectivity index (χ2n) is 10.8. The van der Waals surface area contributed by atoms with E-state index in [0.717, 1.165) is 63.5 Å². The topological polar surface area (TPSA) is 145 Å². The number of hydrogen-bond acceptors (Lipinski definition) is 7. The van der Waals surface area contributed by atoms with Crippen molar-refractivity contribution in [3.63, 3.8) is 0 Å². The first-order chi connectivity index (χ1) is 18.3. The van der Waals surface area contributed by atoms with E-state index in [1.54, 1.807) is 0 Å². The molecule has 3 atom stereocenters. The molecule has 4 rings (SSSR count). The molecule has 4 amide bonds. The fraction of sp³-hybridized carbons (Fsp3) is 0.731. The molecule has 212 valence electrons. The standard InChI is InChI=1S/C26H41N5O5S2/c32-21(6-2-1-5-20-23-18(15-38-20)29-26(36)30-23)27-11-3-4-12-28-24(34)17-9-7-16(8-10-17)14-31-22(33)13-19(37)25(31)35/h13,16-18,20,23,33,35,37H,1-12,14-15H2,(H,27,32)(H,28,34)(H2,29,30,36)/t16?,17?,18-,20-,23-/m0/s1. The van der Waals surface area contributed by atoms with Gasteiger partial charge in [-0.05, 0) is 57.3 Å². The van der Waals surface area contributed by atoms with Gasteiger partial charge in [0, 0.05) is 49.0 Å². The molecule has 3 aliphatic rings. The Morgan fingerprint density at radius 3 is 2.50 bits per heavy atom. The van der Waals surface area contributed by atoms with Crippen LogP contribution >= 0.6 is 24.4 Å². The molecule has 1 saturated carbocycles. The molecule has 0 aromatic carbocycles. The molecule has 2 aliphatic heterocycles. The summed E-state index contributed by atoms with van der Waals surface area (Å²) < 4.78 is 1.48. The average molecular weight is 568 g/mol. The van der Waals surface area contributed by atoms with Gasteiger partial charge in [-0.1, -0.05) is 6.42 Å². The molecule has 38 heavy (non-hydrogen) atoms. The molecule has 0 spiro atoms. The van der Waals surface area contributed by atoms with E-state index in [-0.39, 0.29) is 47.6 Å². The minimum absolute atomic E-state index is 0.00738. The molecular weight excluding hydrogens is 526 g/mol. The summed E-state index contributed by atoms with van der Waals surface area (Å²) in [6, 6.07) is 1.84. The van der Waals surface area contributed by atoms with E-state index in [4.69, 9.17) is 0 Å². The summed E-state index contributed by atoms with van der Waals surface area (Å²) in [6.45, 7) is 1.75. The Labute approximate surface area is 233 Å². The number of urea groups is 1. The van der Waals surface area contributed by atoms with E-state index >= 15 is 0 Å². The van der Waals surface area contributed by atoms with Gasteiger partial charge >= 0.3 is 6.03 Å². The summed E-state index contributed by atoms with van der Waals surface area (Å²) >= 11 is 6.04. The average Bonchev–Trinajstić information content (AvgIpc) is 3.52. The van der Waals surface area contributed by atoms with Crippen LogP contribution in [0, 0.1) is 11.8 Å². The lowest BCUT2D eigenvalue weighted by Crippen LogP contribution is -2.36. The quantitative estimate of drug-likeness (QED) is 0.111. The van der Waals surface area contributed by atoms with Crippen LogP contribution in [-0.4, -0.2) is 68.8 Å². The SMILES string of the molecule is O=C(CCCC[C@@H]1SC[C@@H]2NC(=O)N[C@@H]21)NCCCCNC(=O)C1CCC(Cn2c(O)cc(S)c2O)CC1. The van der Waals surface area contributed by atoms with Gasteiger partial charge in [0.25, 0.3) is 0 Å². The first-order valence-corrected chi connectivity index (χ1v) is 15.3. The summed E-state index contributed by atoms with van der Waals surface area (Å²) in [4.78, 5) is 36.5. The summed E-state index contributed by atoms with van der Waals surface area (Å²) in [7, 11) is 0. The Morgan fingerprint density at radius 2 is 1.79 bits per heavy atom. The van der Waals surface area contributed by atoms with Crippen LogP contribution in [0.1, 0.15) is 64.2 Å². The van der Waals surface area contributed by atoms with Gasteiger partial charge in [0.15, 0.2) is 5.88 Å². The summed E-state index contributed by atoms with van der Waals surface area (Å²) in [5, 5.41) is 32.4. The van der Waals surface area contributed by atoms with Crippen LogP contribution in [0.15, 0.2) is 11.0 Å². The Morgan fingerprint density at radius 1 is 1.05 bits per heavy atom. The van der Waals surface area contributed by atoms with Crippen molar-refractivity contribution in [2.24, 2.45) is 11.8 Å². The molecule has 1 aromatic rings. The minimum Gasteiger partial charge on any atom is -0.494 e.